The second kappa shape index (κ2) is 7.16. The minimum atomic E-state index is -0.434. The number of halogens is 1. The van der Waals surface area contributed by atoms with E-state index < -0.39 is 5.82 Å². The van der Waals surface area contributed by atoms with Crippen LogP contribution >= 0.6 is 0 Å². The smallest absolute Gasteiger partial charge is 0.272 e. The summed E-state index contributed by atoms with van der Waals surface area (Å²) in [6.07, 6.45) is 1.58. The van der Waals surface area contributed by atoms with Gasteiger partial charge < -0.3 is 14.8 Å². The molecule has 0 atom stereocenters. The lowest BCUT2D eigenvalue weighted by Crippen LogP contribution is -2.47. The standard InChI is InChI=1S/C21H21FN4O2/c1-13-9-15(22)10-17-16(13)11-19(24-20(17)27)14-3-4-18(23-12-14)21(28)26-7-5-25(2)6-8-26/h3-4,9-12H,5-8H2,1-2H3,(H,24,27). The summed E-state index contributed by atoms with van der Waals surface area (Å²) in [7, 11) is 2.04. The monoisotopic (exact) mass is 380 g/mol. The van der Waals surface area contributed by atoms with E-state index in [9.17, 15) is 14.0 Å². The molecule has 1 aliphatic heterocycles. The SMILES string of the molecule is Cc1cc(F)cc2c(=O)[nH]c(-c3ccc(C(=O)N4CCN(C)CC4)nc3)cc12. The number of benzene rings is 1. The summed E-state index contributed by atoms with van der Waals surface area (Å²) in [5.41, 5.74) is 2.00. The Hall–Kier alpha value is -3.06. The van der Waals surface area contributed by atoms with Crippen LogP contribution in [0.2, 0.25) is 0 Å². The number of likely N-dealkylation sites (N-methyl/N-ethyl adjacent to an activating group) is 1. The molecule has 144 valence electrons. The molecule has 3 aromatic rings. The van der Waals surface area contributed by atoms with Crippen molar-refractivity contribution in [2.45, 2.75) is 6.92 Å². The number of aryl methyl sites for hydroxylation is 1. The Labute approximate surface area is 161 Å². The quantitative estimate of drug-likeness (QED) is 0.741. The number of aromatic amines is 1. The zero-order valence-corrected chi connectivity index (χ0v) is 15.8. The van der Waals surface area contributed by atoms with Crippen LogP contribution in [0.5, 0.6) is 0 Å². The van der Waals surface area contributed by atoms with Crippen molar-refractivity contribution in [3.63, 3.8) is 0 Å². The van der Waals surface area contributed by atoms with E-state index in [2.05, 4.69) is 14.9 Å². The number of H-pyrrole nitrogens is 1. The number of nitrogens with zero attached hydrogens (tertiary/aromatic N) is 3. The van der Waals surface area contributed by atoms with E-state index in [1.54, 1.807) is 30.2 Å². The Morgan fingerprint density at radius 3 is 2.54 bits per heavy atom. The third kappa shape index (κ3) is 3.41. The summed E-state index contributed by atoms with van der Waals surface area (Å²) in [5, 5.41) is 1.01. The average Bonchev–Trinajstić information content (AvgIpc) is 2.69. The van der Waals surface area contributed by atoms with Gasteiger partial charge in [-0.05, 0) is 55.3 Å². The number of nitrogens with one attached hydrogen (secondary N) is 1. The topological polar surface area (TPSA) is 69.3 Å². The highest BCUT2D eigenvalue weighted by Crippen LogP contribution is 2.23. The number of rotatable bonds is 2. The van der Waals surface area contributed by atoms with Crippen molar-refractivity contribution in [3.05, 3.63) is 64.0 Å². The van der Waals surface area contributed by atoms with E-state index in [1.165, 1.54) is 12.1 Å². The van der Waals surface area contributed by atoms with Gasteiger partial charge in [-0.3, -0.25) is 14.6 Å². The fourth-order valence-corrected chi connectivity index (χ4v) is 3.51. The molecule has 1 N–H and O–H groups in total. The maximum atomic E-state index is 13.6. The van der Waals surface area contributed by atoms with Crippen LogP contribution in [0.4, 0.5) is 4.39 Å². The summed E-state index contributed by atoms with van der Waals surface area (Å²) >= 11 is 0. The molecule has 1 aliphatic rings. The van der Waals surface area contributed by atoms with Crippen molar-refractivity contribution in [3.8, 4) is 11.3 Å². The van der Waals surface area contributed by atoms with E-state index in [1.807, 2.05) is 13.1 Å². The number of amides is 1. The van der Waals surface area contributed by atoms with Gasteiger partial charge in [0.15, 0.2) is 0 Å². The largest absolute Gasteiger partial charge is 0.335 e. The molecule has 0 saturated carbocycles. The molecule has 28 heavy (non-hydrogen) atoms. The lowest BCUT2D eigenvalue weighted by Gasteiger charge is -2.32. The van der Waals surface area contributed by atoms with Crippen molar-refractivity contribution in [1.29, 1.82) is 0 Å². The molecule has 0 radical (unpaired) electrons. The maximum absolute atomic E-state index is 13.6. The molecule has 6 nitrogen and oxygen atoms in total. The highest BCUT2D eigenvalue weighted by molar-refractivity contribution is 5.93. The Kier molecular flexibility index (Phi) is 4.68. The molecule has 1 fully saturated rings. The number of fused-ring (bicyclic) bond motifs is 1. The predicted octanol–water partition coefficient (Wildman–Crippen LogP) is 2.43. The van der Waals surface area contributed by atoms with E-state index in [-0.39, 0.29) is 11.5 Å². The zero-order chi connectivity index (χ0) is 19.8. The zero-order valence-electron chi connectivity index (χ0n) is 15.8. The number of carbonyl (C=O) groups excluding carboxylic acids is 1. The lowest BCUT2D eigenvalue weighted by molar-refractivity contribution is 0.0658. The van der Waals surface area contributed by atoms with Crippen molar-refractivity contribution in [2.24, 2.45) is 0 Å². The summed E-state index contributed by atoms with van der Waals surface area (Å²) in [4.78, 5) is 36.1. The van der Waals surface area contributed by atoms with Gasteiger partial charge in [0.2, 0.25) is 0 Å². The first-order chi connectivity index (χ1) is 13.4. The van der Waals surface area contributed by atoms with Crippen molar-refractivity contribution in [1.82, 2.24) is 19.8 Å². The second-order valence-electron chi connectivity index (χ2n) is 7.22. The van der Waals surface area contributed by atoms with Gasteiger partial charge in [0.1, 0.15) is 11.5 Å². The summed E-state index contributed by atoms with van der Waals surface area (Å²) < 4.78 is 13.6. The van der Waals surface area contributed by atoms with Crippen LogP contribution in [0, 0.1) is 12.7 Å². The Bertz CT molecular complexity index is 1100. The van der Waals surface area contributed by atoms with E-state index in [0.717, 1.165) is 13.1 Å². The molecule has 1 aromatic carbocycles. The molecule has 1 amide bonds. The third-order valence-electron chi connectivity index (χ3n) is 5.22. The molecule has 7 heteroatoms. The second-order valence-corrected chi connectivity index (χ2v) is 7.22. The van der Waals surface area contributed by atoms with Crippen LogP contribution in [0.1, 0.15) is 16.1 Å². The summed E-state index contributed by atoms with van der Waals surface area (Å²) in [5.74, 6) is -0.519. The van der Waals surface area contributed by atoms with Crippen LogP contribution < -0.4 is 5.56 Å². The van der Waals surface area contributed by atoms with Crippen molar-refractivity contribution >= 4 is 16.7 Å². The minimum Gasteiger partial charge on any atom is -0.335 e. The van der Waals surface area contributed by atoms with Gasteiger partial charge in [0.05, 0.1) is 11.1 Å². The van der Waals surface area contributed by atoms with E-state index in [0.29, 0.717) is 46.4 Å². The molecule has 0 unspecified atom stereocenters. The third-order valence-corrected chi connectivity index (χ3v) is 5.22. The Morgan fingerprint density at radius 1 is 1.11 bits per heavy atom. The van der Waals surface area contributed by atoms with E-state index >= 15 is 0 Å². The minimum absolute atomic E-state index is 0.0852. The van der Waals surface area contributed by atoms with Crippen molar-refractivity contribution < 1.29 is 9.18 Å². The van der Waals surface area contributed by atoms with Crippen LogP contribution in [0.3, 0.4) is 0 Å². The molecule has 0 aliphatic carbocycles. The van der Waals surface area contributed by atoms with Gasteiger partial charge in [0.25, 0.3) is 11.5 Å². The molecule has 3 heterocycles. The summed E-state index contributed by atoms with van der Waals surface area (Å²) in [6, 6.07) is 7.90. The van der Waals surface area contributed by atoms with Crippen LogP contribution in [0.15, 0.2) is 41.3 Å². The number of hydrogen-bond acceptors (Lipinski definition) is 4. The summed E-state index contributed by atoms with van der Waals surface area (Å²) in [6.45, 7) is 4.84. The van der Waals surface area contributed by atoms with E-state index in [4.69, 9.17) is 0 Å². The first-order valence-corrected chi connectivity index (χ1v) is 9.20. The van der Waals surface area contributed by atoms with Gasteiger partial charge in [-0.15, -0.1) is 0 Å². The highest BCUT2D eigenvalue weighted by Gasteiger charge is 2.21. The molecule has 4 rings (SSSR count). The molecule has 0 bridgehead atoms. The molecule has 1 saturated heterocycles. The van der Waals surface area contributed by atoms with Crippen molar-refractivity contribution in [2.75, 3.05) is 33.2 Å². The van der Waals surface area contributed by atoms with Gasteiger partial charge in [-0.25, -0.2) is 4.39 Å². The first kappa shape index (κ1) is 18.3. The lowest BCUT2D eigenvalue weighted by atomic mass is 10.0. The number of aromatic nitrogens is 2. The Balaban J connectivity index is 1.64. The number of pyridine rings is 2. The number of piperazine rings is 1. The van der Waals surface area contributed by atoms with Crippen LogP contribution in [0.25, 0.3) is 22.0 Å². The fraction of sp³-hybridized carbons (Fsp3) is 0.286. The molecular weight excluding hydrogens is 359 g/mol. The highest BCUT2D eigenvalue weighted by atomic mass is 19.1. The fourth-order valence-electron chi connectivity index (χ4n) is 3.51. The maximum Gasteiger partial charge on any atom is 0.272 e. The molecule has 2 aromatic heterocycles. The average molecular weight is 380 g/mol. The molecule has 0 spiro atoms. The number of hydrogen-bond donors (Lipinski definition) is 1. The van der Waals surface area contributed by atoms with Crippen LogP contribution in [-0.2, 0) is 0 Å². The van der Waals surface area contributed by atoms with Gasteiger partial charge in [0, 0.05) is 37.9 Å². The number of carbonyl (C=O) groups is 1. The normalized spacial score (nSPS) is 15.2. The van der Waals surface area contributed by atoms with Gasteiger partial charge in [-0.2, -0.15) is 0 Å². The van der Waals surface area contributed by atoms with Gasteiger partial charge in [-0.1, -0.05) is 0 Å². The predicted molar refractivity (Wildman–Crippen MR) is 106 cm³/mol. The van der Waals surface area contributed by atoms with Crippen LogP contribution in [-0.4, -0.2) is 58.9 Å². The van der Waals surface area contributed by atoms with Gasteiger partial charge >= 0.3 is 0 Å². The Morgan fingerprint density at radius 2 is 1.86 bits per heavy atom. The molecular formula is C21H21FN4O2. The first-order valence-electron chi connectivity index (χ1n) is 9.20.